The topological polar surface area (TPSA) is 116 Å². The summed E-state index contributed by atoms with van der Waals surface area (Å²) in [6.45, 7) is 15.8. The van der Waals surface area contributed by atoms with E-state index in [9.17, 15) is 14.7 Å². The Labute approximate surface area is 248 Å². The number of aliphatic hydroxyl groups excluding tert-OH is 1. The molecule has 2 N–H and O–H groups in total. The summed E-state index contributed by atoms with van der Waals surface area (Å²) >= 11 is 0. The molecule has 1 atom stereocenters. The number of aliphatic hydroxyl groups is 1. The van der Waals surface area contributed by atoms with Crippen LogP contribution >= 0.6 is 0 Å². The monoisotopic (exact) mass is 570 g/mol. The van der Waals surface area contributed by atoms with Crippen molar-refractivity contribution in [3.8, 4) is 0 Å². The standard InChI is InChI=1S/C35H30N4O4/c1-8-20-16(3)23-13-25-18(5)22(11-10-12-40)32(38-25)30-31(35(42)43-7)34(41)29-19(6)26(39-33(29)30)15-28-21(9-2)17(4)24(37-28)14-27(20)36-23/h8-15,31,36,40H,1-2H2,3-7H3/t31-/m1/s1. The molecular weight excluding hydrogens is 540 g/mol. The molecule has 0 fully saturated rings. The highest BCUT2D eigenvalue weighted by Gasteiger charge is 2.49. The van der Waals surface area contributed by atoms with Crippen molar-refractivity contribution in [2.75, 3.05) is 7.11 Å². The van der Waals surface area contributed by atoms with Gasteiger partial charge in [-0.2, -0.15) is 0 Å². The molecule has 0 unspecified atom stereocenters. The van der Waals surface area contributed by atoms with Gasteiger partial charge in [0.25, 0.3) is 0 Å². The summed E-state index contributed by atoms with van der Waals surface area (Å²) in [6.07, 6.45) is 13.5. The first-order chi connectivity index (χ1) is 20.6. The minimum Gasteiger partial charge on any atom is -0.516 e. The Balaban J connectivity index is 1.77. The quantitative estimate of drug-likeness (QED) is 0.315. The number of aromatic amines is 1. The van der Waals surface area contributed by atoms with E-state index in [1.54, 1.807) is 12.2 Å². The van der Waals surface area contributed by atoms with Crippen molar-refractivity contribution in [1.29, 1.82) is 0 Å². The Bertz CT molecular complexity index is 2060. The third kappa shape index (κ3) is 4.01. The Morgan fingerprint density at radius 2 is 1.72 bits per heavy atom. The molecule has 0 saturated heterocycles. The number of hydrogen-bond acceptors (Lipinski definition) is 7. The number of H-pyrrole nitrogens is 1. The number of fused-ring (bicyclic) bond motifs is 5. The van der Waals surface area contributed by atoms with Crippen LogP contribution in [0.2, 0.25) is 0 Å². The van der Waals surface area contributed by atoms with Crippen molar-refractivity contribution in [2.45, 2.75) is 27.7 Å². The molecule has 4 aliphatic heterocycles. The van der Waals surface area contributed by atoms with Crippen molar-refractivity contribution >= 4 is 47.1 Å². The maximum absolute atomic E-state index is 13.9. The molecule has 0 aromatic carbocycles. The van der Waals surface area contributed by atoms with E-state index in [1.165, 1.54) is 13.2 Å². The number of nitrogens with zero attached hydrogens (tertiary/aromatic N) is 3. The third-order valence-corrected chi connectivity index (χ3v) is 8.51. The number of carbonyl (C=O) groups excluding carboxylic acids is 2. The summed E-state index contributed by atoms with van der Waals surface area (Å²) in [7, 11) is 1.26. The summed E-state index contributed by atoms with van der Waals surface area (Å²) < 4.78 is 5.10. The zero-order valence-electron chi connectivity index (χ0n) is 24.6. The van der Waals surface area contributed by atoms with E-state index >= 15 is 0 Å². The molecule has 1 aromatic rings. The first-order valence-corrected chi connectivity index (χ1v) is 13.8. The van der Waals surface area contributed by atoms with Gasteiger partial charge in [0.2, 0.25) is 0 Å². The van der Waals surface area contributed by atoms with E-state index in [0.29, 0.717) is 50.8 Å². The smallest absolute Gasteiger partial charge is 0.321 e. The average molecular weight is 571 g/mol. The van der Waals surface area contributed by atoms with Crippen molar-refractivity contribution in [3.63, 3.8) is 0 Å². The van der Waals surface area contributed by atoms with Crippen LogP contribution in [0.25, 0.3) is 18.2 Å². The number of nitrogens with one attached hydrogen (secondary N) is 1. The SMILES string of the molecule is C=CC1=C(C)C2=NC1=CC1=NC3=C(C4=NC(=C(C)C4=CC=CO)C=c4[nH]c(c(C=C)c4C)=C2)[C@@H](C(=O)OC)C(=O)C3=C1C. The van der Waals surface area contributed by atoms with Crippen LogP contribution in [0.15, 0.2) is 115 Å². The molecule has 5 aliphatic rings. The second-order valence-corrected chi connectivity index (χ2v) is 10.7. The molecule has 8 nitrogen and oxygen atoms in total. The van der Waals surface area contributed by atoms with Gasteiger partial charge < -0.3 is 14.8 Å². The van der Waals surface area contributed by atoms with Gasteiger partial charge in [0.05, 0.1) is 47.6 Å². The van der Waals surface area contributed by atoms with Crippen LogP contribution in [0.5, 0.6) is 0 Å². The van der Waals surface area contributed by atoms with E-state index < -0.39 is 11.9 Å². The van der Waals surface area contributed by atoms with E-state index in [2.05, 4.69) is 18.1 Å². The Hall–Kier alpha value is -5.37. The maximum atomic E-state index is 13.9. The zero-order chi connectivity index (χ0) is 30.7. The number of rotatable bonds is 4. The molecule has 0 radical (unpaired) electrons. The molecule has 8 heteroatoms. The predicted molar refractivity (Wildman–Crippen MR) is 170 cm³/mol. The molecular formula is C35H30N4O4. The molecule has 5 heterocycles. The fraction of sp³-hybridized carbons (Fsp3) is 0.171. The van der Waals surface area contributed by atoms with E-state index in [0.717, 1.165) is 50.5 Å². The van der Waals surface area contributed by atoms with Crippen molar-refractivity contribution in [3.05, 3.63) is 122 Å². The lowest BCUT2D eigenvalue weighted by atomic mass is 9.90. The Morgan fingerprint density at radius 3 is 2.40 bits per heavy atom. The molecule has 0 amide bonds. The molecule has 6 rings (SSSR count). The lowest BCUT2D eigenvalue weighted by Gasteiger charge is -2.14. The summed E-state index contributed by atoms with van der Waals surface area (Å²) in [5, 5.41) is 11.2. The fourth-order valence-electron chi connectivity index (χ4n) is 6.17. The van der Waals surface area contributed by atoms with Crippen molar-refractivity contribution < 1.29 is 19.4 Å². The van der Waals surface area contributed by atoms with Crippen molar-refractivity contribution in [1.82, 2.24) is 4.98 Å². The number of methoxy groups -OCH3 is 1. The summed E-state index contributed by atoms with van der Waals surface area (Å²) in [6, 6.07) is 0. The van der Waals surface area contributed by atoms with Gasteiger partial charge in [-0.1, -0.05) is 25.3 Å². The van der Waals surface area contributed by atoms with Crippen LogP contribution in [0.4, 0.5) is 0 Å². The number of aromatic nitrogens is 1. The maximum Gasteiger partial charge on any atom is 0.321 e. The van der Waals surface area contributed by atoms with Gasteiger partial charge >= 0.3 is 5.97 Å². The number of allylic oxidation sites excluding steroid dienone is 10. The van der Waals surface area contributed by atoms with Crippen LogP contribution in [0.3, 0.4) is 0 Å². The first kappa shape index (κ1) is 27.8. The molecule has 0 saturated carbocycles. The van der Waals surface area contributed by atoms with E-state index in [4.69, 9.17) is 19.7 Å². The number of ketones is 1. The van der Waals surface area contributed by atoms with E-state index in [-0.39, 0.29) is 5.78 Å². The van der Waals surface area contributed by atoms with Crippen LogP contribution in [-0.2, 0) is 14.3 Å². The summed E-state index contributed by atoms with van der Waals surface area (Å²) in [4.78, 5) is 45.4. The highest BCUT2D eigenvalue weighted by atomic mass is 16.5. The number of hydrogen-bond donors (Lipinski definition) is 2. The third-order valence-electron chi connectivity index (χ3n) is 8.51. The van der Waals surface area contributed by atoms with Gasteiger partial charge in [-0.15, -0.1) is 0 Å². The lowest BCUT2D eigenvalue weighted by Crippen LogP contribution is -2.27. The predicted octanol–water partition coefficient (Wildman–Crippen LogP) is 4.51. The van der Waals surface area contributed by atoms with Crippen LogP contribution in [0.1, 0.15) is 31.9 Å². The summed E-state index contributed by atoms with van der Waals surface area (Å²) in [5.41, 5.74) is 10.0. The second kappa shape index (κ2) is 10.2. The number of Topliss-reactive ketones (excluding diaryl/α,β-unsaturated/α-hetero) is 1. The molecule has 43 heavy (non-hydrogen) atoms. The highest BCUT2D eigenvalue weighted by Crippen LogP contribution is 2.45. The van der Waals surface area contributed by atoms with Gasteiger partial charge in [0, 0.05) is 38.6 Å². The largest absolute Gasteiger partial charge is 0.516 e. The molecule has 1 aliphatic carbocycles. The normalized spacial score (nSPS) is 21.8. The van der Waals surface area contributed by atoms with Gasteiger partial charge in [-0.25, -0.2) is 15.0 Å². The molecule has 0 spiro atoms. The lowest BCUT2D eigenvalue weighted by molar-refractivity contribution is -0.146. The number of aliphatic imine (C=N–C) groups is 3. The number of esters is 1. The molecule has 214 valence electrons. The van der Waals surface area contributed by atoms with Crippen LogP contribution < -0.4 is 10.7 Å². The average Bonchev–Trinajstić information content (AvgIpc) is 3.72. The highest BCUT2D eigenvalue weighted by molar-refractivity contribution is 6.33. The Kier molecular flexibility index (Phi) is 6.57. The fourth-order valence-corrected chi connectivity index (χ4v) is 6.17. The Morgan fingerprint density at radius 1 is 0.977 bits per heavy atom. The van der Waals surface area contributed by atoms with Crippen molar-refractivity contribution in [2.24, 2.45) is 20.9 Å². The van der Waals surface area contributed by atoms with Gasteiger partial charge in [0.1, 0.15) is 5.92 Å². The van der Waals surface area contributed by atoms with Crippen LogP contribution in [0, 0.1) is 12.8 Å². The van der Waals surface area contributed by atoms with E-state index in [1.807, 2.05) is 52.0 Å². The van der Waals surface area contributed by atoms with Crippen LogP contribution in [-0.4, -0.2) is 46.1 Å². The minimum absolute atomic E-state index is 0.367. The number of ether oxygens (including phenoxy) is 1. The van der Waals surface area contributed by atoms with Gasteiger partial charge in [-0.05, 0) is 80.4 Å². The van der Waals surface area contributed by atoms with Gasteiger partial charge in [0.15, 0.2) is 5.78 Å². The summed E-state index contributed by atoms with van der Waals surface area (Å²) in [5.74, 6) is -2.30. The number of carbonyl (C=O) groups is 2. The zero-order valence-corrected chi connectivity index (χ0v) is 24.6. The molecule has 8 bridgehead atoms. The minimum atomic E-state index is -1.23. The van der Waals surface area contributed by atoms with Gasteiger partial charge in [-0.3, -0.25) is 9.59 Å². The second-order valence-electron chi connectivity index (χ2n) is 10.7. The molecule has 1 aromatic heterocycles. The first-order valence-electron chi connectivity index (χ1n) is 13.8.